The van der Waals surface area contributed by atoms with Crippen LogP contribution in [0.15, 0.2) is 48.5 Å². The maximum atomic E-state index is 13.1. The number of thioether (sulfide) groups is 1. The van der Waals surface area contributed by atoms with Gasteiger partial charge in [0.1, 0.15) is 6.04 Å². The van der Waals surface area contributed by atoms with Crippen molar-refractivity contribution >= 4 is 23.6 Å². The van der Waals surface area contributed by atoms with Crippen LogP contribution in [-0.2, 0) is 21.9 Å². The molecule has 1 N–H and O–H groups in total. The third kappa shape index (κ3) is 7.24. The predicted octanol–water partition coefficient (Wildman–Crippen LogP) is 4.48. The molecule has 0 spiro atoms. The Labute approximate surface area is 179 Å². The van der Waals surface area contributed by atoms with Crippen LogP contribution in [0.2, 0.25) is 0 Å². The van der Waals surface area contributed by atoms with Crippen LogP contribution in [0.3, 0.4) is 0 Å². The fraction of sp³-hybridized carbons (Fsp3) is 0.417. The fourth-order valence-electron chi connectivity index (χ4n) is 3.13. The van der Waals surface area contributed by atoms with Crippen LogP contribution < -0.4 is 5.32 Å². The maximum Gasteiger partial charge on any atom is 0.242 e. The lowest BCUT2D eigenvalue weighted by Crippen LogP contribution is -2.49. The van der Waals surface area contributed by atoms with Gasteiger partial charge >= 0.3 is 0 Å². The van der Waals surface area contributed by atoms with Crippen LogP contribution in [-0.4, -0.2) is 35.1 Å². The van der Waals surface area contributed by atoms with Crippen molar-refractivity contribution in [3.05, 3.63) is 70.8 Å². The van der Waals surface area contributed by atoms with Crippen molar-refractivity contribution in [1.29, 1.82) is 0 Å². The number of rotatable bonds is 10. The zero-order chi connectivity index (χ0) is 21.2. The lowest BCUT2D eigenvalue weighted by Gasteiger charge is -2.30. The largest absolute Gasteiger partial charge is 0.355 e. The Morgan fingerprint density at radius 3 is 2.00 bits per heavy atom. The average molecular weight is 413 g/mol. The second-order valence-electron chi connectivity index (χ2n) is 7.30. The molecule has 2 aromatic rings. The van der Waals surface area contributed by atoms with Crippen LogP contribution >= 0.6 is 11.8 Å². The van der Waals surface area contributed by atoms with Gasteiger partial charge in [-0.25, -0.2) is 0 Å². The fourth-order valence-corrected chi connectivity index (χ4v) is 4.00. The molecule has 0 aliphatic rings. The molecule has 0 saturated carbocycles. The smallest absolute Gasteiger partial charge is 0.242 e. The lowest BCUT2D eigenvalue weighted by molar-refractivity contribution is -0.139. The Bertz CT molecular complexity index is 788. The third-order valence-corrected chi connectivity index (χ3v) is 5.81. The number of nitrogens with zero attached hydrogens (tertiary/aromatic N) is 1. The van der Waals surface area contributed by atoms with Gasteiger partial charge in [-0.3, -0.25) is 9.59 Å². The first-order chi connectivity index (χ1) is 13.9. The molecule has 0 unspecified atom stereocenters. The van der Waals surface area contributed by atoms with E-state index in [4.69, 9.17) is 0 Å². The van der Waals surface area contributed by atoms with E-state index in [1.54, 1.807) is 16.7 Å². The summed E-state index contributed by atoms with van der Waals surface area (Å²) in [5.74, 6) is 1.05. The number of carbonyl (C=O) groups is 2. The Kier molecular flexibility index (Phi) is 9.26. The summed E-state index contributed by atoms with van der Waals surface area (Å²) < 4.78 is 0. The second kappa shape index (κ2) is 11.7. The molecule has 29 heavy (non-hydrogen) atoms. The minimum atomic E-state index is -0.455. The molecule has 1 atom stereocenters. The molecule has 4 nitrogen and oxygen atoms in total. The summed E-state index contributed by atoms with van der Waals surface area (Å²) in [7, 11) is 0. The van der Waals surface area contributed by atoms with Crippen LogP contribution in [0, 0.1) is 13.8 Å². The number of likely N-dealkylation sites (N-methyl/N-ethyl adjacent to an activating group) is 1. The number of carbonyl (C=O) groups excluding carboxylic acids is 2. The van der Waals surface area contributed by atoms with Gasteiger partial charge in [-0.15, -0.1) is 11.8 Å². The highest BCUT2D eigenvalue weighted by atomic mass is 32.2. The van der Waals surface area contributed by atoms with Gasteiger partial charge < -0.3 is 10.2 Å². The zero-order valence-electron chi connectivity index (χ0n) is 17.9. The van der Waals surface area contributed by atoms with Crippen molar-refractivity contribution in [1.82, 2.24) is 10.2 Å². The quantitative estimate of drug-likeness (QED) is 0.626. The monoisotopic (exact) mass is 412 g/mol. The van der Waals surface area contributed by atoms with Crippen LogP contribution in [0.25, 0.3) is 0 Å². The Morgan fingerprint density at radius 2 is 1.48 bits per heavy atom. The molecule has 0 heterocycles. The van der Waals surface area contributed by atoms with Crippen LogP contribution in [0.4, 0.5) is 0 Å². The van der Waals surface area contributed by atoms with Gasteiger partial charge in [0.15, 0.2) is 0 Å². The molecule has 0 radical (unpaired) electrons. The van der Waals surface area contributed by atoms with Gasteiger partial charge in [-0.2, -0.15) is 0 Å². The Balaban J connectivity index is 2.08. The summed E-state index contributed by atoms with van der Waals surface area (Å²) in [6, 6.07) is 16.0. The van der Waals surface area contributed by atoms with E-state index in [1.165, 1.54) is 16.7 Å². The van der Waals surface area contributed by atoms with E-state index in [0.717, 1.165) is 11.3 Å². The minimum absolute atomic E-state index is 0.000731. The van der Waals surface area contributed by atoms with Crippen LogP contribution in [0.5, 0.6) is 0 Å². The Morgan fingerprint density at radius 1 is 0.931 bits per heavy atom. The van der Waals surface area contributed by atoms with Crippen molar-refractivity contribution in [3.63, 3.8) is 0 Å². The van der Waals surface area contributed by atoms with E-state index in [1.807, 2.05) is 45.0 Å². The van der Waals surface area contributed by atoms with E-state index in [-0.39, 0.29) is 11.8 Å². The first kappa shape index (κ1) is 23.0. The third-order valence-electron chi connectivity index (χ3n) is 4.83. The number of nitrogens with one attached hydrogen (secondary N) is 1. The molecule has 0 aliphatic carbocycles. The average Bonchev–Trinajstić information content (AvgIpc) is 2.71. The molecule has 0 bridgehead atoms. The van der Waals surface area contributed by atoms with Crippen molar-refractivity contribution in [2.24, 2.45) is 0 Å². The second-order valence-corrected chi connectivity index (χ2v) is 8.29. The number of hydrogen-bond acceptors (Lipinski definition) is 3. The van der Waals surface area contributed by atoms with Gasteiger partial charge in [0.2, 0.25) is 11.8 Å². The molecular formula is C24H32N2O2S. The topological polar surface area (TPSA) is 49.4 Å². The molecular weight excluding hydrogens is 380 g/mol. The molecule has 0 aliphatic heterocycles. The summed E-state index contributed by atoms with van der Waals surface area (Å²) >= 11 is 1.59. The first-order valence-corrected chi connectivity index (χ1v) is 11.4. The molecule has 2 amide bonds. The van der Waals surface area contributed by atoms with Gasteiger partial charge in [0.05, 0.1) is 5.75 Å². The normalized spacial score (nSPS) is 11.7. The molecule has 0 fully saturated rings. The number of aryl methyl sites for hydroxylation is 2. The SMILES string of the molecule is CCNC(=O)[C@@H](CC)N(Cc1ccc(C)cc1)C(=O)CSCc1ccc(C)cc1. The van der Waals surface area contributed by atoms with E-state index < -0.39 is 6.04 Å². The first-order valence-electron chi connectivity index (χ1n) is 10.2. The molecule has 2 aromatic carbocycles. The highest BCUT2D eigenvalue weighted by molar-refractivity contribution is 7.99. The highest BCUT2D eigenvalue weighted by Crippen LogP contribution is 2.18. The van der Waals surface area contributed by atoms with E-state index >= 15 is 0 Å². The van der Waals surface area contributed by atoms with Gasteiger partial charge in [-0.05, 0) is 38.3 Å². The maximum absolute atomic E-state index is 13.1. The van der Waals surface area contributed by atoms with Gasteiger partial charge in [-0.1, -0.05) is 66.6 Å². The summed E-state index contributed by atoms with van der Waals surface area (Å²) in [6.45, 7) is 8.96. The van der Waals surface area contributed by atoms with Crippen molar-refractivity contribution < 1.29 is 9.59 Å². The minimum Gasteiger partial charge on any atom is -0.355 e. The summed E-state index contributed by atoms with van der Waals surface area (Å²) in [6.07, 6.45) is 0.589. The van der Waals surface area contributed by atoms with E-state index in [0.29, 0.717) is 25.3 Å². The van der Waals surface area contributed by atoms with E-state index in [2.05, 4.69) is 36.5 Å². The number of hydrogen-bond donors (Lipinski definition) is 1. The molecule has 0 aromatic heterocycles. The van der Waals surface area contributed by atoms with Gasteiger partial charge in [0, 0.05) is 18.8 Å². The predicted molar refractivity (Wildman–Crippen MR) is 122 cm³/mol. The van der Waals surface area contributed by atoms with Crippen molar-refractivity contribution in [2.75, 3.05) is 12.3 Å². The van der Waals surface area contributed by atoms with Gasteiger partial charge in [0.25, 0.3) is 0 Å². The number of amides is 2. The van der Waals surface area contributed by atoms with E-state index in [9.17, 15) is 9.59 Å². The molecule has 156 valence electrons. The standard InChI is InChI=1S/C24H32N2O2S/c1-5-22(24(28)25-6-2)26(15-20-11-7-18(3)8-12-20)23(27)17-29-16-21-13-9-19(4)10-14-21/h7-14,22H,5-6,15-17H2,1-4H3,(H,25,28)/t22-/m1/s1. The summed E-state index contributed by atoms with van der Waals surface area (Å²) in [4.78, 5) is 27.4. The molecule has 0 saturated heterocycles. The van der Waals surface area contributed by atoms with Crippen molar-refractivity contribution in [3.8, 4) is 0 Å². The number of benzene rings is 2. The van der Waals surface area contributed by atoms with Crippen molar-refractivity contribution in [2.45, 2.75) is 52.5 Å². The zero-order valence-corrected chi connectivity index (χ0v) is 18.7. The highest BCUT2D eigenvalue weighted by Gasteiger charge is 2.28. The van der Waals surface area contributed by atoms with Crippen LogP contribution in [0.1, 0.15) is 42.5 Å². The molecule has 2 rings (SSSR count). The Hall–Kier alpha value is -2.27. The summed E-state index contributed by atoms with van der Waals surface area (Å²) in [5.41, 5.74) is 4.65. The molecule has 5 heteroatoms. The summed E-state index contributed by atoms with van der Waals surface area (Å²) in [5, 5.41) is 2.87. The lowest BCUT2D eigenvalue weighted by atomic mass is 10.1.